The zero-order chi connectivity index (χ0) is 33.4. The third-order valence-electron chi connectivity index (χ3n) is 4.42. The van der Waals surface area contributed by atoms with Crippen molar-refractivity contribution in [1.82, 2.24) is 0 Å². The van der Waals surface area contributed by atoms with Crippen molar-refractivity contribution in [2.45, 2.75) is 71.6 Å². The Morgan fingerprint density at radius 3 is 0.575 bits per heavy atom. The quantitative estimate of drug-likeness (QED) is 0.162. The minimum Gasteiger partial charge on any atom is -0.195 e. The fourth-order valence-corrected chi connectivity index (χ4v) is 1.98. The Bertz CT molecular complexity index is 939. The van der Waals surface area contributed by atoms with Gasteiger partial charge in [0, 0.05) is 0 Å². The molecule has 0 aliphatic carbocycles. The van der Waals surface area contributed by atoms with Gasteiger partial charge in [0.05, 0.1) is 0 Å². The van der Waals surface area contributed by atoms with Gasteiger partial charge >= 0.3 is 71.6 Å². The lowest BCUT2D eigenvalue weighted by atomic mass is 9.88. The van der Waals surface area contributed by atoms with Crippen molar-refractivity contribution in [1.29, 1.82) is 0 Å². The number of alkyl halides is 26. The van der Waals surface area contributed by atoms with Gasteiger partial charge in [0.15, 0.2) is 0 Å². The van der Waals surface area contributed by atoms with Crippen molar-refractivity contribution in [3.63, 3.8) is 0 Å². The highest BCUT2D eigenvalue weighted by Gasteiger charge is 2.95. The second kappa shape index (κ2) is 9.21. The second-order valence-corrected chi connectivity index (χ2v) is 7.17. The van der Waals surface area contributed by atoms with Gasteiger partial charge in [-0.1, -0.05) is 0 Å². The molecular formula is C14H2F26. The molecule has 0 bridgehead atoms. The van der Waals surface area contributed by atoms with E-state index in [4.69, 9.17) is 0 Å². The molecule has 0 radical (unpaired) electrons. The first-order valence-electron chi connectivity index (χ1n) is 8.32. The highest BCUT2D eigenvalue weighted by molar-refractivity contribution is 5.20. The molecule has 0 aromatic carbocycles. The highest BCUT2D eigenvalue weighted by atomic mass is 19.4. The van der Waals surface area contributed by atoms with Gasteiger partial charge < -0.3 is 0 Å². The van der Waals surface area contributed by atoms with Crippen LogP contribution in [0.25, 0.3) is 0 Å². The van der Waals surface area contributed by atoms with Crippen molar-refractivity contribution in [2.75, 3.05) is 0 Å². The normalized spacial score (nSPS) is 17.1. The molecule has 0 saturated carbocycles. The van der Waals surface area contributed by atoms with Gasteiger partial charge in [0.25, 0.3) is 0 Å². The zero-order valence-electron chi connectivity index (χ0n) is 17.0. The molecule has 0 amide bonds. The Labute approximate surface area is 199 Å². The summed E-state index contributed by atoms with van der Waals surface area (Å²) in [5.74, 6) is -84.9. The molecule has 0 rings (SSSR count). The molecule has 0 N–H and O–H groups in total. The molecule has 0 heterocycles. The maximum atomic E-state index is 13.4. The van der Waals surface area contributed by atoms with Gasteiger partial charge in [0.1, 0.15) is 0 Å². The Hall–Kier alpha value is -2.08. The lowest BCUT2D eigenvalue weighted by Gasteiger charge is -2.42. The summed E-state index contributed by atoms with van der Waals surface area (Å²) in [6.45, 7) is 0. The maximum absolute atomic E-state index is 13.4. The molecular weight excluding hydrogens is 662 g/mol. The molecule has 0 fully saturated rings. The van der Waals surface area contributed by atoms with Crippen LogP contribution in [0.3, 0.4) is 0 Å². The molecule has 0 aliphatic heterocycles. The van der Waals surface area contributed by atoms with E-state index >= 15 is 0 Å². The summed E-state index contributed by atoms with van der Waals surface area (Å²) in [5.41, 5.74) is 0. The molecule has 0 aromatic rings. The van der Waals surface area contributed by atoms with Crippen LogP contribution in [-0.2, 0) is 0 Å². The van der Waals surface area contributed by atoms with E-state index in [1.807, 2.05) is 0 Å². The van der Waals surface area contributed by atoms with E-state index in [0.717, 1.165) is 0 Å². The highest BCUT2D eigenvalue weighted by Crippen LogP contribution is 2.64. The predicted octanol–water partition coefficient (Wildman–Crippen LogP) is 9.02. The minimum atomic E-state index is -9.19. The monoisotopic (exact) mass is 664 g/mol. The van der Waals surface area contributed by atoms with Crippen molar-refractivity contribution < 1.29 is 114 Å². The summed E-state index contributed by atoms with van der Waals surface area (Å²) in [7, 11) is 0. The van der Waals surface area contributed by atoms with Crippen molar-refractivity contribution in [2.24, 2.45) is 0 Å². The summed E-state index contributed by atoms with van der Waals surface area (Å²) in [6, 6.07) is 0. The first-order valence-corrected chi connectivity index (χ1v) is 8.32. The lowest BCUT2D eigenvalue weighted by molar-refractivity contribution is -0.459. The number of hydrogen-bond acceptors (Lipinski definition) is 0. The molecule has 0 unspecified atom stereocenters. The summed E-state index contributed by atoms with van der Waals surface area (Å²) >= 11 is 0. The fraction of sp³-hybridized carbons (Fsp3) is 0.857. The van der Waals surface area contributed by atoms with E-state index in [-0.39, 0.29) is 0 Å². The van der Waals surface area contributed by atoms with Crippen molar-refractivity contribution >= 4 is 0 Å². The molecule has 0 aromatic heterocycles. The number of rotatable bonds is 10. The van der Waals surface area contributed by atoms with Crippen molar-refractivity contribution in [3.8, 4) is 0 Å². The van der Waals surface area contributed by atoms with Crippen LogP contribution in [0.1, 0.15) is 0 Å². The molecule has 240 valence electrons. The zero-order valence-corrected chi connectivity index (χ0v) is 17.0. The number of allylic oxidation sites excluding steroid dienone is 2. The Morgan fingerprint density at radius 1 is 0.200 bits per heavy atom. The van der Waals surface area contributed by atoms with Crippen LogP contribution in [0, 0.1) is 0 Å². The number of hydrogen-bond donors (Lipinski definition) is 0. The van der Waals surface area contributed by atoms with E-state index in [2.05, 4.69) is 0 Å². The average molecular weight is 664 g/mol. The van der Waals surface area contributed by atoms with Crippen molar-refractivity contribution in [3.05, 3.63) is 12.2 Å². The Morgan fingerprint density at radius 2 is 0.350 bits per heavy atom. The van der Waals surface area contributed by atoms with Crippen LogP contribution in [0.5, 0.6) is 0 Å². The molecule has 0 aliphatic rings. The Balaban J connectivity index is 6.94. The van der Waals surface area contributed by atoms with Gasteiger partial charge in [-0.2, -0.15) is 114 Å². The first-order chi connectivity index (χ1) is 16.7. The molecule has 0 spiro atoms. The standard InChI is InChI=1S/C14H2F26/c15-3(16,1-2-4(17,18)6(21,22)11(31,32)13(35,36)37)5(19,20)7(23,24)8(25,26)9(27,28)10(29,30)12(33,34)14(38,39)40/h1-2H/b2-1+. The molecule has 0 nitrogen and oxygen atoms in total. The average Bonchev–Trinajstić information content (AvgIpc) is 2.69. The summed E-state index contributed by atoms with van der Waals surface area (Å²) in [4.78, 5) is 0. The van der Waals surface area contributed by atoms with E-state index in [1.165, 1.54) is 0 Å². The SMILES string of the molecule is FC(F)(F)C(F)(F)C(F)(F)C(F)(F)/C=C/C(F)(F)C(F)(F)C(F)(F)C(F)(F)C(F)(F)C(F)(F)C(F)(F)C(F)(F)F. The minimum absolute atomic E-state index is 2.90. The molecule has 0 atom stereocenters. The van der Waals surface area contributed by atoms with Crippen LogP contribution in [-0.4, -0.2) is 71.6 Å². The molecule has 26 heteroatoms. The maximum Gasteiger partial charge on any atom is 0.460 e. The lowest BCUT2D eigenvalue weighted by Crippen LogP contribution is -2.74. The first kappa shape index (κ1) is 37.9. The van der Waals surface area contributed by atoms with Crippen LogP contribution in [0.15, 0.2) is 12.2 Å². The smallest absolute Gasteiger partial charge is 0.195 e. The molecule has 0 saturated heterocycles. The molecule has 40 heavy (non-hydrogen) atoms. The second-order valence-electron chi connectivity index (χ2n) is 7.17. The predicted molar refractivity (Wildman–Crippen MR) is 70.7 cm³/mol. The van der Waals surface area contributed by atoms with Gasteiger partial charge in [-0.3, -0.25) is 0 Å². The third-order valence-corrected chi connectivity index (χ3v) is 4.42. The van der Waals surface area contributed by atoms with Crippen LogP contribution >= 0.6 is 0 Å². The Kier molecular flexibility index (Phi) is 8.73. The van der Waals surface area contributed by atoms with E-state index in [1.54, 1.807) is 0 Å². The van der Waals surface area contributed by atoms with Crippen LogP contribution in [0.4, 0.5) is 114 Å². The third kappa shape index (κ3) is 4.86. The topological polar surface area (TPSA) is 0 Å². The van der Waals surface area contributed by atoms with Gasteiger partial charge in [-0.15, -0.1) is 0 Å². The summed E-state index contributed by atoms with van der Waals surface area (Å²) < 4.78 is 334. The van der Waals surface area contributed by atoms with Gasteiger partial charge in [-0.05, 0) is 12.2 Å². The van der Waals surface area contributed by atoms with E-state index < -0.39 is 83.7 Å². The van der Waals surface area contributed by atoms with Gasteiger partial charge in [-0.25, -0.2) is 0 Å². The summed E-state index contributed by atoms with van der Waals surface area (Å²) in [6.07, 6.45) is -21.7. The van der Waals surface area contributed by atoms with Crippen LogP contribution < -0.4 is 0 Å². The summed E-state index contributed by atoms with van der Waals surface area (Å²) in [5, 5.41) is 0. The van der Waals surface area contributed by atoms with E-state index in [9.17, 15) is 114 Å². The largest absolute Gasteiger partial charge is 0.460 e. The van der Waals surface area contributed by atoms with Gasteiger partial charge in [0.2, 0.25) is 0 Å². The fourth-order valence-electron chi connectivity index (χ4n) is 1.98. The number of halogens is 26. The van der Waals surface area contributed by atoms with Crippen LogP contribution in [0.2, 0.25) is 0 Å². The van der Waals surface area contributed by atoms with E-state index in [0.29, 0.717) is 0 Å².